The molecule has 2 unspecified atom stereocenters. The maximum Gasteiger partial charge on any atom is 0.0499 e. The van der Waals surface area contributed by atoms with E-state index in [1.807, 2.05) is 0 Å². The molecule has 0 aromatic carbocycles. The highest BCUT2D eigenvalue weighted by Gasteiger charge is 2.35. The van der Waals surface area contributed by atoms with Crippen molar-refractivity contribution in [3.05, 3.63) is 0 Å². The highest BCUT2D eigenvalue weighted by atomic mass is 16.3. The lowest BCUT2D eigenvalue weighted by atomic mass is 9.70. The molecule has 2 rings (SSSR count). The lowest BCUT2D eigenvalue weighted by molar-refractivity contribution is 0.0218. The molecule has 2 atom stereocenters. The Labute approximate surface area is 113 Å². The largest absolute Gasteiger partial charge is 0.396 e. The van der Waals surface area contributed by atoms with Gasteiger partial charge in [-0.15, -0.1) is 0 Å². The van der Waals surface area contributed by atoms with E-state index < -0.39 is 0 Å². The van der Waals surface area contributed by atoms with E-state index in [-0.39, 0.29) is 5.41 Å². The Balaban J connectivity index is 1.90. The van der Waals surface area contributed by atoms with Crippen molar-refractivity contribution >= 4 is 0 Å². The number of hydrogen-bond donors (Lipinski definition) is 1. The van der Waals surface area contributed by atoms with Crippen molar-refractivity contribution in [3.63, 3.8) is 0 Å². The summed E-state index contributed by atoms with van der Waals surface area (Å²) in [6.07, 6.45) is 12.1. The van der Waals surface area contributed by atoms with Crippen LogP contribution in [0.1, 0.15) is 64.7 Å². The summed E-state index contributed by atoms with van der Waals surface area (Å²) in [6, 6.07) is 0. The predicted molar refractivity (Wildman–Crippen MR) is 76.7 cm³/mol. The zero-order valence-corrected chi connectivity index (χ0v) is 12.2. The summed E-state index contributed by atoms with van der Waals surface area (Å²) < 4.78 is 0. The zero-order chi connectivity index (χ0) is 12.8. The van der Waals surface area contributed by atoms with Gasteiger partial charge >= 0.3 is 0 Å². The summed E-state index contributed by atoms with van der Waals surface area (Å²) >= 11 is 0. The Hall–Kier alpha value is -0.0800. The molecule has 1 aliphatic carbocycles. The van der Waals surface area contributed by atoms with Crippen LogP contribution in [-0.2, 0) is 0 Å². The molecule has 0 aromatic heterocycles. The number of rotatable bonds is 3. The Kier molecular flexibility index (Phi) is 5.50. The number of nitrogens with zero attached hydrogens (tertiary/aromatic N) is 1. The van der Waals surface area contributed by atoms with Crippen LogP contribution < -0.4 is 0 Å². The topological polar surface area (TPSA) is 23.5 Å². The van der Waals surface area contributed by atoms with E-state index in [1.165, 1.54) is 70.9 Å². The lowest BCUT2D eigenvalue weighted by Crippen LogP contribution is -2.44. The van der Waals surface area contributed by atoms with Crippen LogP contribution in [0, 0.1) is 11.3 Å². The fraction of sp³-hybridized carbons (Fsp3) is 1.00. The van der Waals surface area contributed by atoms with E-state index in [0.717, 1.165) is 12.5 Å². The molecule has 106 valence electrons. The van der Waals surface area contributed by atoms with Gasteiger partial charge in [-0.05, 0) is 44.7 Å². The Morgan fingerprint density at radius 1 is 1.06 bits per heavy atom. The van der Waals surface area contributed by atoms with Crippen LogP contribution >= 0.6 is 0 Å². The van der Waals surface area contributed by atoms with Crippen LogP contribution in [-0.4, -0.2) is 36.2 Å². The van der Waals surface area contributed by atoms with Crippen molar-refractivity contribution in [1.29, 1.82) is 0 Å². The minimum atomic E-state index is 0.219. The molecule has 1 saturated heterocycles. The van der Waals surface area contributed by atoms with Crippen molar-refractivity contribution in [2.45, 2.75) is 64.7 Å². The molecule has 1 aliphatic heterocycles. The summed E-state index contributed by atoms with van der Waals surface area (Å²) in [7, 11) is 0. The first-order chi connectivity index (χ1) is 8.74. The molecule has 2 fully saturated rings. The van der Waals surface area contributed by atoms with E-state index in [4.69, 9.17) is 0 Å². The predicted octanol–water partition coefficient (Wildman–Crippen LogP) is 3.44. The van der Waals surface area contributed by atoms with Crippen LogP contribution in [0.5, 0.6) is 0 Å². The third-order valence-electron chi connectivity index (χ3n) is 5.03. The fourth-order valence-corrected chi connectivity index (χ4v) is 4.05. The Morgan fingerprint density at radius 3 is 2.33 bits per heavy atom. The van der Waals surface area contributed by atoms with Gasteiger partial charge in [0.05, 0.1) is 0 Å². The number of likely N-dealkylation sites (tertiary alicyclic amines) is 1. The van der Waals surface area contributed by atoms with E-state index in [1.54, 1.807) is 0 Å². The number of aliphatic hydroxyl groups is 1. The highest BCUT2D eigenvalue weighted by molar-refractivity contribution is 4.88. The fourth-order valence-electron chi connectivity index (χ4n) is 4.05. The second kappa shape index (κ2) is 6.91. The molecular formula is C16H31NO. The lowest BCUT2D eigenvalue weighted by Gasteiger charge is -2.42. The Morgan fingerprint density at radius 2 is 1.72 bits per heavy atom. The molecular weight excluding hydrogens is 222 g/mol. The second-order valence-electron chi connectivity index (χ2n) is 6.90. The van der Waals surface area contributed by atoms with Crippen molar-refractivity contribution < 1.29 is 5.11 Å². The quantitative estimate of drug-likeness (QED) is 0.833. The molecule has 2 nitrogen and oxygen atoms in total. The molecule has 1 N–H and O–H groups in total. The van der Waals surface area contributed by atoms with Crippen LogP contribution in [0.2, 0.25) is 0 Å². The van der Waals surface area contributed by atoms with Crippen LogP contribution in [0.25, 0.3) is 0 Å². The molecule has 0 amide bonds. The first-order valence-electron chi connectivity index (χ1n) is 8.07. The SMILES string of the molecule is CC1CCCC(CO)(CN2CCCCCCC2)C1. The average molecular weight is 253 g/mol. The first kappa shape index (κ1) is 14.3. The molecule has 18 heavy (non-hydrogen) atoms. The molecule has 1 heterocycles. The van der Waals surface area contributed by atoms with Gasteiger partial charge in [0, 0.05) is 18.6 Å². The minimum absolute atomic E-state index is 0.219. The third-order valence-corrected chi connectivity index (χ3v) is 5.03. The van der Waals surface area contributed by atoms with E-state index in [0.29, 0.717) is 6.61 Å². The molecule has 2 aliphatic rings. The molecule has 0 bridgehead atoms. The summed E-state index contributed by atoms with van der Waals surface area (Å²) in [4.78, 5) is 2.65. The van der Waals surface area contributed by atoms with Gasteiger partial charge < -0.3 is 10.0 Å². The van der Waals surface area contributed by atoms with Crippen LogP contribution in [0.4, 0.5) is 0 Å². The molecule has 1 saturated carbocycles. The highest BCUT2D eigenvalue weighted by Crippen LogP contribution is 2.39. The number of aliphatic hydroxyl groups excluding tert-OH is 1. The summed E-state index contributed by atoms with van der Waals surface area (Å²) in [5.74, 6) is 0.806. The van der Waals surface area contributed by atoms with Gasteiger partial charge in [0.2, 0.25) is 0 Å². The minimum Gasteiger partial charge on any atom is -0.396 e. The molecule has 2 heteroatoms. The van der Waals surface area contributed by atoms with Gasteiger partial charge in [-0.3, -0.25) is 0 Å². The zero-order valence-electron chi connectivity index (χ0n) is 12.2. The normalized spacial score (nSPS) is 36.0. The van der Waals surface area contributed by atoms with E-state index >= 15 is 0 Å². The summed E-state index contributed by atoms with van der Waals surface area (Å²) in [6.45, 7) is 6.42. The average Bonchev–Trinajstić information content (AvgIpc) is 2.33. The summed E-state index contributed by atoms with van der Waals surface area (Å²) in [5, 5.41) is 9.89. The van der Waals surface area contributed by atoms with Crippen molar-refractivity contribution in [2.24, 2.45) is 11.3 Å². The maximum absolute atomic E-state index is 9.89. The van der Waals surface area contributed by atoms with E-state index in [2.05, 4.69) is 11.8 Å². The van der Waals surface area contributed by atoms with Gasteiger partial charge in [-0.2, -0.15) is 0 Å². The van der Waals surface area contributed by atoms with Crippen molar-refractivity contribution in [1.82, 2.24) is 4.90 Å². The van der Waals surface area contributed by atoms with E-state index in [9.17, 15) is 5.11 Å². The monoisotopic (exact) mass is 253 g/mol. The number of hydrogen-bond acceptors (Lipinski definition) is 2. The van der Waals surface area contributed by atoms with Gasteiger partial charge in [0.25, 0.3) is 0 Å². The maximum atomic E-state index is 9.89. The smallest absolute Gasteiger partial charge is 0.0499 e. The van der Waals surface area contributed by atoms with Gasteiger partial charge in [-0.25, -0.2) is 0 Å². The molecule has 0 radical (unpaired) electrons. The van der Waals surface area contributed by atoms with Crippen molar-refractivity contribution in [3.8, 4) is 0 Å². The van der Waals surface area contributed by atoms with Gasteiger partial charge in [-0.1, -0.05) is 39.0 Å². The first-order valence-corrected chi connectivity index (χ1v) is 8.07. The van der Waals surface area contributed by atoms with Crippen LogP contribution in [0.3, 0.4) is 0 Å². The van der Waals surface area contributed by atoms with Crippen molar-refractivity contribution in [2.75, 3.05) is 26.2 Å². The van der Waals surface area contributed by atoms with Crippen LogP contribution in [0.15, 0.2) is 0 Å². The second-order valence-corrected chi connectivity index (χ2v) is 6.90. The molecule has 0 spiro atoms. The molecule has 0 aromatic rings. The Bertz CT molecular complexity index is 235. The van der Waals surface area contributed by atoms with Gasteiger partial charge in [0.1, 0.15) is 0 Å². The van der Waals surface area contributed by atoms with Gasteiger partial charge in [0.15, 0.2) is 0 Å². The summed E-state index contributed by atoms with van der Waals surface area (Å²) in [5.41, 5.74) is 0.219. The third kappa shape index (κ3) is 3.96. The standard InChI is InChI=1S/C16H31NO/c1-15-8-7-9-16(12-15,14-18)13-17-10-5-3-2-4-6-11-17/h15,18H,2-14H2,1H3.